The van der Waals surface area contributed by atoms with Crippen molar-refractivity contribution in [3.63, 3.8) is 0 Å². The van der Waals surface area contributed by atoms with E-state index in [1.807, 2.05) is 31.2 Å². The first-order valence-electron chi connectivity index (χ1n) is 10.9. The summed E-state index contributed by atoms with van der Waals surface area (Å²) < 4.78 is 4.93. The fraction of sp³-hybridized carbons (Fsp3) is 0.360. The standard InChI is InChI=1S/C25H31N3O4S/c1-5-16-32-22(30)15-14-21(29)28-24(33)27-20-12-10-19(11-13-20)26-23(31)17-6-8-18(9-7-17)25(2,3)4/h6-13H,5,14-16H2,1-4H3,(H,26,31)(H2,27,28,29,33). The quantitative estimate of drug-likeness (QED) is 0.380. The second-order valence-corrected chi connectivity index (χ2v) is 8.99. The van der Waals surface area contributed by atoms with Crippen LogP contribution in [0.25, 0.3) is 0 Å². The topological polar surface area (TPSA) is 96.5 Å². The summed E-state index contributed by atoms with van der Waals surface area (Å²) in [5.74, 6) is -0.979. The van der Waals surface area contributed by atoms with Gasteiger partial charge in [0.05, 0.1) is 13.0 Å². The largest absolute Gasteiger partial charge is 0.466 e. The SMILES string of the molecule is CCCOC(=O)CCC(=O)NC(=S)Nc1ccc(NC(=O)c2ccc(C(C)(C)C)cc2)cc1. The van der Waals surface area contributed by atoms with Gasteiger partial charge in [0.15, 0.2) is 5.11 Å². The molecule has 0 saturated carbocycles. The number of hydrogen-bond acceptors (Lipinski definition) is 5. The smallest absolute Gasteiger partial charge is 0.306 e. The van der Waals surface area contributed by atoms with E-state index >= 15 is 0 Å². The van der Waals surface area contributed by atoms with E-state index < -0.39 is 5.97 Å². The monoisotopic (exact) mass is 469 g/mol. The molecule has 8 heteroatoms. The maximum atomic E-state index is 12.5. The summed E-state index contributed by atoms with van der Waals surface area (Å²) in [6, 6.07) is 14.5. The molecular formula is C25H31N3O4S. The van der Waals surface area contributed by atoms with E-state index in [4.69, 9.17) is 17.0 Å². The molecule has 3 N–H and O–H groups in total. The van der Waals surface area contributed by atoms with Crippen molar-refractivity contribution in [1.29, 1.82) is 0 Å². The molecule has 0 fully saturated rings. The lowest BCUT2D eigenvalue weighted by Crippen LogP contribution is -2.34. The van der Waals surface area contributed by atoms with Gasteiger partial charge in [-0.1, -0.05) is 39.8 Å². The molecule has 0 heterocycles. The van der Waals surface area contributed by atoms with E-state index in [-0.39, 0.29) is 35.2 Å². The third kappa shape index (κ3) is 9.02. The highest BCUT2D eigenvalue weighted by molar-refractivity contribution is 7.80. The Bertz CT molecular complexity index is 980. The number of amides is 2. The van der Waals surface area contributed by atoms with Gasteiger partial charge in [-0.2, -0.15) is 0 Å². The first-order chi connectivity index (χ1) is 15.6. The van der Waals surface area contributed by atoms with Crippen LogP contribution >= 0.6 is 12.2 Å². The maximum absolute atomic E-state index is 12.5. The van der Waals surface area contributed by atoms with Gasteiger partial charge in [0.2, 0.25) is 5.91 Å². The van der Waals surface area contributed by atoms with Gasteiger partial charge in [-0.25, -0.2) is 0 Å². The number of anilines is 2. The molecule has 7 nitrogen and oxygen atoms in total. The van der Waals surface area contributed by atoms with Gasteiger partial charge in [0.1, 0.15) is 0 Å². The second kappa shape index (κ2) is 12.1. The molecule has 0 aromatic heterocycles. The molecule has 2 amide bonds. The number of ether oxygens (including phenoxy) is 1. The Balaban J connectivity index is 1.82. The minimum atomic E-state index is -0.409. The average molecular weight is 470 g/mol. The van der Waals surface area contributed by atoms with Crippen LogP contribution in [0.2, 0.25) is 0 Å². The fourth-order valence-corrected chi connectivity index (χ4v) is 3.05. The molecule has 0 unspecified atom stereocenters. The second-order valence-electron chi connectivity index (χ2n) is 8.58. The van der Waals surface area contributed by atoms with E-state index in [1.165, 1.54) is 0 Å². The lowest BCUT2D eigenvalue weighted by molar-refractivity contribution is -0.144. The number of hydrogen-bond donors (Lipinski definition) is 3. The average Bonchev–Trinajstić information content (AvgIpc) is 2.77. The molecule has 33 heavy (non-hydrogen) atoms. The van der Waals surface area contributed by atoms with Crippen LogP contribution in [0.3, 0.4) is 0 Å². The maximum Gasteiger partial charge on any atom is 0.306 e. The predicted molar refractivity (Wildman–Crippen MR) is 134 cm³/mol. The Morgan fingerprint density at radius 2 is 1.45 bits per heavy atom. The Kier molecular flexibility index (Phi) is 9.54. The molecule has 0 atom stereocenters. The van der Waals surface area contributed by atoms with Crippen LogP contribution in [0.4, 0.5) is 11.4 Å². The molecule has 0 aliphatic heterocycles. The van der Waals surface area contributed by atoms with Crippen molar-refractivity contribution in [2.75, 3.05) is 17.2 Å². The third-order valence-electron chi connectivity index (χ3n) is 4.69. The number of esters is 1. The van der Waals surface area contributed by atoms with Crippen molar-refractivity contribution in [2.24, 2.45) is 0 Å². The zero-order valence-corrected chi connectivity index (χ0v) is 20.3. The highest BCUT2D eigenvalue weighted by Gasteiger charge is 2.14. The first-order valence-corrected chi connectivity index (χ1v) is 11.3. The van der Waals surface area contributed by atoms with Gasteiger partial charge in [-0.15, -0.1) is 0 Å². The van der Waals surface area contributed by atoms with Crippen LogP contribution in [0.5, 0.6) is 0 Å². The molecule has 0 aliphatic rings. The van der Waals surface area contributed by atoms with Gasteiger partial charge < -0.3 is 20.7 Å². The van der Waals surface area contributed by atoms with E-state index in [1.54, 1.807) is 24.3 Å². The third-order valence-corrected chi connectivity index (χ3v) is 4.89. The van der Waals surface area contributed by atoms with Crippen molar-refractivity contribution < 1.29 is 19.1 Å². The number of benzene rings is 2. The summed E-state index contributed by atoms with van der Waals surface area (Å²) in [7, 11) is 0. The summed E-state index contributed by atoms with van der Waals surface area (Å²) in [5, 5.41) is 8.41. The van der Waals surface area contributed by atoms with Crippen molar-refractivity contribution in [3.8, 4) is 0 Å². The number of carbonyl (C=O) groups excluding carboxylic acids is 3. The first kappa shape index (κ1) is 26.0. The predicted octanol–water partition coefficient (Wildman–Crippen LogP) is 4.78. The van der Waals surface area contributed by atoms with Gasteiger partial charge in [-0.05, 0) is 66.0 Å². The van der Waals surface area contributed by atoms with E-state index in [0.717, 1.165) is 12.0 Å². The lowest BCUT2D eigenvalue weighted by atomic mass is 9.87. The van der Waals surface area contributed by atoms with Crippen LogP contribution in [0.15, 0.2) is 48.5 Å². The van der Waals surface area contributed by atoms with E-state index in [9.17, 15) is 14.4 Å². The summed E-state index contributed by atoms with van der Waals surface area (Å²) in [6.07, 6.45) is 0.729. The molecule has 2 aromatic rings. The van der Waals surface area contributed by atoms with Crippen molar-refractivity contribution in [1.82, 2.24) is 5.32 Å². The van der Waals surface area contributed by atoms with Crippen LogP contribution in [-0.2, 0) is 19.7 Å². The summed E-state index contributed by atoms with van der Waals surface area (Å²) in [4.78, 5) is 35.9. The van der Waals surface area contributed by atoms with Crippen molar-refractivity contribution in [2.45, 2.75) is 52.4 Å². The number of thiocarbonyl (C=S) groups is 1. The highest BCUT2D eigenvalue weighted by atomic mass is 32.1. The molecule has 0 bridgehead atoms. The Morgan fingerprint density at radius 1 is 0.879 bits per heavy atom. The van der Waals surface area contributed by atoms with Gasteiger partial charge in [-0.3, -0.25) is 14.4 Å². The number of carbonyl (C=O) groups is 3. The summed E-state index contributed by atoms with van der Waals surface area (Å²) in [5.41, 5.74) is 3.04. The molecule has 0 aliphatic carbocycles. The van der Waals surface area contributed by atoms with Crippen LogP contribution in [0.1, 0.15) is 62.9 Å². The zero-order chi connectivity index (χ0) is 24.4. The van der Waals surface area contributed by atoms with Gasteiger partial charge in [0.25, 0.3) is 5.91 Å². The fourth-order valence-electron chi connectivity index (χ4n) is 2.82. The molecular weight excluding hydrogens is 438 g/mol. The van der Waals surface area contributed by atoms with Crippen molar-refractivity contribution in [3.05, 3.63) is 59.7 Å². The van der Waals surface area contributed by atoms with Crippen LogP contribution in [-0.4, -0.2) is 29.5 Å². The van der Waals surface area contributed by atoms with Gasteiger partial charge >= 0.3 is 5.97 Å². The van der Waals surface area contributed by atoms with Gasteiger partial charge in [0, 0.05) is 23.4 Å². The molecule has 0 saturated heterocycles. The Morgan fingerprint density at radius 3 is 2.00 bits per heavy atom. The molecule has 0 radical (unpaired) electrons. The van der Waals surface area contributed by atoms with Crippen molar-refractivity contribution >= 4 is 46.5 Å². The molecule has 2 aromatic carbocycles. The minimum Gasteiger partial charge on any atom is -0.466 e. The van der Waals surface area contributed by atoms with E-state index in [0.29, 0.717) is 23.5 Å². The van der Waals surface area contributed by atoms with Crippen LogP contribution in [0, 0.1) is 0 Å². The zero-order valence-electron chi connectivity index (χ0n) is 19.5. The molecule has 0 spiro atoms. The Labute approximate surface area is 200 Å². The lowest BCUT2D eigenvalue weighted by Gasteiger charge is -2.19. The van der Waals surface area contributed by atoms with Crippen LogP contribution < -0.4 is 16.0 Å². The Hall–Kier alpha value is -3.26. The summed E-state index contributed by atoms with van der Waals surface area (Å²) in [6.45, 7) is 8.62. The van der Waals surface area contributed by atoms with E-state index in [2.05, 4.69) is 36.7 Å². The molecule has 2 rings (SSSR count). The number of rotatable bonds is 8. The highest BCUT2D eigenvalue weighted by Crippen LogP contribution is 2.22. The number of nitrogens with one attached hydrogen (secondary N) is 3. The minimum absolute atomic E-state index is 0.00176. The summed E-state index contributed by atoms with van der Waals surface area (Å²) >= 11 is 5.14. The molecule has 176 valence electrons. The normalized spacial score (nSPS) is 10.8.